The van der Waals surface area contributed by atoms with Crippen molar-refractivity contribution in [3.8, 4) is 0 Å². The van der Waals surface area contributed by atoms with Gasteiger partial charge in [0, 0.05) is 55.6 Å². The average molecular weight is 440 g/mol. The van der Waals surface area contributed by atoms with Crippen LogP contribution in [0.5, 0.6) is 0 Å². The van der Waals surface area contributed by atoms with Crippen LogP contribution in [0.25, 0.3) is 0 Å². The largest absolute Gasteiger partial charge is 0.338 e. The topological polar surface area (TPSA) is 83.0 Å². The minimum absolute atomic E-state index is 0. The molecule has 0 saturated carbocycles. The zero-order chi connectivity index (χ0) is 18.4. The van der Waals surface area contributed by atoms with Crippen LogP contribution >= 0.6 is 24.8 Å². The Labute approximate surface area is 182 Å². The minimum atomic E-state index is -0.118. The number of hydrogen-bond donors (Lipinski definition) is 2. The molecule has 9 heteroatoms. The third kappa shape index (κ3) is 3.96. The number of likely N-dealkylation sites (tertiary alicyclic amines) is 1. The number of carbonyl (C=O) groups is 1. The molecule has 5 rings (SSSR count). The Balaban J connectivity index is 0.00000120. The zero-order valence-corrected chi connectivity index (χ0v) is 17.8. The van der Waals surface area contributed by atoms with Gasteiger partial charge in [0.25, 0.3) is 11.5 Å². The number of nitrogens with zero attached hydrogens (tertiary/aromatic N) is 3. The summed E-state index contributed by atoms with van der Waals surface area (Å²) in [5.74, 6) is 1.17. The van der Waals surface area contributed by atoms with Crippen LogP contribution in [-0.2, 0) is 6.54 Å². The van der Waals surface area contributed by atoms with Crippen LogP contribution in [0.1, 0.15) is 52.8 Å². The molecule has 158 valence electrons. The zero-order valence-electron chi connectivity index (χ0n) is 16.2. The number of fused-ring (bicyclic) bond motifs is 4. The number of H-pyrrole nitrogens is 1. The van der Waals surface area contributed by atoms with E-state index in [1.807, 2.05) is 21.6 Å². The first-order valence-corrected chi connectivity index (χ1v) is 9.93. The second kappa shape index (κ2) is 8.90. The summed E-state index contributed by atoms with van der Waals surface area (Å²) in [6, 6.07) is 5.76. The number of nitrogens with one attached hydrogen (secondary N) is 2. The summed E-state index contributed by atoms with van der Waals surface area (Å²) in [5, 5.41) is 10.5. The van der Waals surface area contributed by atoms with E-state index >= 15 is 0 Å². The normalized spacial score (nSPS) is 23.5. The number of pyridine rings is 1. The van der Waals surface area contributed by atoms with Gasteiger partial charge in [0.2, 0.25) is 0 Å². The lowest BCUT2D eigenvalue weighted by Gasteiger charge is -2.38. The maximum absolute atomic E-state index is 13.1. The minimum Gasteiger partial charge on any atom is -0.338 e. The van der Waals surface area contributed by atoms with Gasteiger partial charge in [0.15, 0.2) is 0 Å². The van der Waals surface area contributed by atoms with Crippen molar-refractivity contribution >= 4 is 30.7 Å². The highest BCUT2D eigenvalue weighted by Gasteiger charge is 2.33. The van der Waals surface area contributed by atoms with Gasteiger partial charge >= 0.3 is 0 Å². The van der Waals surface area contributed by atoms with Crippen molar-refractivity contribution in [2.75, 3.05) is 26.2 Å². The van der Waals surface area contributed by atoms with Gasteiger partial charge in [0.05, 0.1) is 0 Å². The lowest BCUT2D eigenvalue weighted by molar-refractivity contribution is 0.0709. The van der Waals surface area contributed by atoms with Crippen molar-refractivity contribution in [3.05, 3.63) is 51.7 Å². The molecule has 0 unspecified atom stereocenters. The predicted octanol–water partition coefficient (Wildman–Crippen LogP) is 2.14. The molecule has 1 amide bonds. The molecule has 0 radical (unpaired) electrons. The van der Waals surface area contributed by atoms with Gasteiger partial charge in [0.1, 0.15) is 5.56 Å². The summed E-state index contributed by atoms with van der Waals surface area (Å²) >= 11 is 0. The molecule has 0 spiro atoms. The van der Waals surface area contributed by atoms with Crippen molar-refractivity contribution in [2.45, 2.75) is 37.6 Å². The maximum atomic E-state index is 13.1. The summed E-state index contributed by atoms with van der Waals surface area (Å²) in [6.07, 6.45) is 4.71. The Hall–Kier alpha value is -1.83. The monoisotopic (exact) mass is 439 g/mol. The van der Waals surface area contributed by atoms with E-state index in [1.165, 1.54) is 0 Å². The van der Waals surface area contributed by atoms with Gasteiger partial charge in [-0.1, -0.05) is 0 Å². The Bertz CT molecular complexity index is 906. The third-order valence-corrected chi connectivity index (χ3v) is 6.48. The fourth-order valence-corrected chi connectivity index (χ4v) is 5.01. The first-order valence-electron chi connectivity index (χ1n) is 9.93. The molecular formula is C20H27Cl2N5O2. The van der Waals surface area contributed by atoms with E-state index in [2.05, 4.69) is 15.5 Å². The van der Waals surface area contributed by atoms with Crippen LogP contribution < -0.4 is 10.9 Å². The van der Waals surface area contributed by atoms with E-state index < -0.39 is 0 Å². The van der Waals surface area contributed by atoms with E-state index in [4.69, 9.17) is 0 Å². The van der Waals surface area contributed by atoms with Crippen LogP contribution in [0.15, 0.2) is 29.2 Å². The number of amides is 1. The Morgan fingerprint density at radius 1 is 1.07 bits per heavy atom. The molecule has 2 aromatic rings. The van der Waals surface area contributed by atoms with E-state index in [9.17, 15) is 9.59 Å². The molecule has 2 fully saturated rings. The predicted molar refractivity (Wildman–Crippen MR) is 115 cm³/mol. The van der Waals surface area contributed by atoms with Gasteiger partial charge in [-0.25, -0.2) is 0 Å². The molecule has 7 nitrogen and oxygen atoms in total. The van der Waals surface area contributed by atoms with E-state index in [1.54, 1.807) is 12.3 Å². The molecule has 3 aliphatic heterocycles. The second-order valence-electron chi connectivity index (χ2n) is 8.12. The lowest BCUT2D eigenvalue weighted by Crippen LogP contribution is -2.47. The molecule has 3 aliphatic rings. The molecule has 5 heterocycles. The number of halogens is 2. The second-order valence-corrected chi connectivity index (χ2v) is 8.12. The van der Waals surface area contributed by atoms with E-state index in [0.717, 1.165) is 50.3 Å². The van der Waals surface area contributed by atoms with Crippen LogP contribution in [-0.4, -0.2) is 51.8 Å². The Kier molecular flexibility index (Phi) is 6.71. The molecule has 2 N–H and O–H groups in total. The Morgan fingerprint density at radius 3 is 2.59 bits per heavy atom. The standard InChI is InChI=1S/C20H25N5O2.2ClH/c26-19(24-7-4-14(5-8-24)17-3-6-22-23-17)16-1-2-18-15-9-13(10-21-11-15)12-25(18)20(16)27;;/h1-3,6,13-15,21H,4-5,7-12H2,(H,22,23);2*1H/t13-,15+;;/m0../s1. The maximum Gasteiger partial charge on any atom is 0.263 e. The SMILES string of the molecule is Cl.Cl.O=C(c1ccc2n(c1=O)C[C@@H]1CNC[C@H]2C1)N1CCC(c2ccn[nH]2)CC1. The first kappa shape index (κ1) is 21.9. The number of aromatic nitrogens is 3. The number of rotatable bonds is 2. The van der Waals surface area contributed by atoms with Crippen molar-refractivity contribution in [2.24, 2.45) is 5.92 Å². The summed E-state index contributed by atoms with van der Waals surface area (Å²) in [4.78, 5) is 27.9. The molecule has 2 saturated heterocycles. The highest BCUT2D eigenvalue weighted by molar-refractivity contribution is 5.94. The summed E-state index contributed by atoms with van der Waals surface area (Å²) < 4.78 is 1.87. The van der Waals surface area contributed by atoms with E-state index in [-0.39, 0.29) is 36.3 Å². The van der Waals surface area contributed by atoms with Crippen molar-refractivity contribution in [3.63, 3.8) is 0 Å². The van der Waals surface area contributed by atoms with Gasteiger partial charge in [-0.2, -0.15) is 5.10 Å². The molecular weight excluding hydrogens is 413 g/mol. The van der Waals surface area contributed by atoms with E-state index in [0.29, 0.717) is 36.4 Å². The van der Waals surface area contributed by atoms with Crippen LogP contribution in [0, 0.1) is 5.92 Å². The highest BCUT2D eigenvalue weighted by atomic mass is 35.5. The van der Waals surface area contributed by atoms with Gasteiger partial charge in [-0.15, -0.1) is 24.8 Å². The molecule has 2 atom stereocenters. The fourth-order valence-electron chi connectivity index (χ4n) is 5.01. The number of aromatic amines is 1. The number of hydrogen-bond acceptors (Lipinski definition) is 4. The smallest absolute Gasteiger partial charge is 0.263 e. The molecule has 2 bridgehead atoms. The Morgan fingerprint density at radius 2 is 1.86 bits per heavy atom. The lowest BCUT2D eigenvalue weighted by atomic mass is 9.84. The van der Waals surface area contributed by atoms with Crippen molar-refractivity contribution in [1.82, 2.24) is 25.0 Å². The quantitative estimate of drug-likeness (QED) is 0.750. The summed E-state index contributed by atoms with van der Waals surface area (Å²) in [7, 11) is 0. The number of carbonyl (C=O) groups excluding carboxylic acids is 1. The molecule has 29 heavy (non-hydrogen) atoms. The van der Waals surface area contributed by atoms with Crippen LogP contribution in [0.3, 0.4) is 0 Å². The third-order valence-electron chi connectivity index (χ3n) is 6.48. The van der Waals surface area contributed by atoms with Crippen molar-refractivity contribution in [1.29, 1.82) is 0 Å². The highest BCUT2D eigenvalue weighted by Crippen LogP contribution is 2.32. The fraction of sp³-hybridized carbons (Fsp3) is 0.550. The van der Waals surface area contributed by atoms with Gasteiger partial charge in [-0.05, 0) is 49.9 Å². The first-order chi connectivity index (χ1) is 13.2. The average Bonchev–Trinajstić information content (AvgIpc) is 3.24. The van der Waals surface area contributed by atoms with Crippen LogP contribution in [0.4, 0.5) is 0 Å². The summed E-state index contributed by atoms with van der Waals surface area (Å²) in [5.41, 5.74) is 2.44. The summed E-state index contributed by atoms with van der Waals surface area (Å²) in [6.45, 7) is 3.96. The van der Waals surface area contributed by atoms with Crippen LogP contribution in [0.2, 0.25) is 0 Å². The molecule has 0 aliphatic carbocycles. The molecule has 0 aromatic carbocycles. The van der Waals surface area contributed by atoms with Gasteiger partial charge < -0.3 is 14.8 Å². The number of piperidine rings is 2. The molecule has 2 aromatic heterocycles. The van der Waals surface area contributed by atoms with Crippen molar-refractivity contribution < 1.29 is 4.79 Å². The van der Waals surface area contributed by atoms with Gasteiger partial charge in [-0.3, -0.25) is 14.7 Å².